The maximum absolute atomic E-state index is 12.4. The van der Waals surface area contributed by atoms with Gasteiger partial charge in [0.05, 0.1) is 15.6 Å². The van der Waals surface area contributed by atoms with Crippen LogP contribution in [0, 0.1) is 0 Å². The normalized spacial score (nSPS) is 14.9. The number of nitrogens with zero attached hydrogens (tertiary/aromatic N) is 1. The zero-order valence-electron chi connectivity index (χ0n) is 12.4. The van der Waals surface area contributed by atoms with Gasteiger partial charge in [-0.1, -0.05) is 29.3 Å². The van der Waals surface area contributed by atoms with E-state index in [0.717, 1.165) is 12.8 Å². The first-order valence-electron chi connectivity index (χ1n) is 7.08. The Morgan fingerprint density at radius 2 is 2.00 bits per heavy atom. The van der Waals surface area contributed by atoms with E-state index in [1.165, 1.54) is 17.9 Å². The maximum Gasteiger partial charge on any atom is 0.323 e. The van der Waals surface area contributed by atoms with Crippen molar-refractivity contribution in [2.24, 2.45) is 0 Å². The Bertz CT molecular complexity index is 646. The molecule has 2 rings (SSSR count). The molecule has 6 nitrogen and oxygen atoms in total. The molecular formula is C15H16Cl2N2O4. The number of rotatable bonds is 6. The van der Waals surface area contributed by atoms with E-state index in [1.54, 1.807) is 12.1 Å². The number of hydrogen-bond acceptors (Lipinski definition) is 3. The second-order valence-corrected chi connectivity index (χ2v) is 6.17. The highest BCUT2D eigenvalue weighted by Crippen LogP contribution is 2.28. The van der Waals surface area contributed by atoms with Gasteiger partial charge in [0, 0.05) is 6.04 Å². The number of carbonyl (C=O) groups excluding carboxylic acids is 2. The summed E-state index contributed by atoms with van der Waals surface area (Å²) in [6, 6.07) is 3.70. The number of amides is 2. The van der Waals surface area contributed by atoms with Crippen LogP contribution in [-0.4, -0.2) is 46.4 Å². The van der Waals surface area contributed by atoms with Crippen LogP contribution in [0.25, 0.3) is 0 Å². The summed E-state index contributed by atoms with van der Waals surface area (Å²) >= 11 is 11.8. The number of halogens is 2. The zero-order chi connectivity index (χ0) is 17.1. The molecule has 0 spiro atoms. The number of hydrogen-bond donors (Lipinski definition) is 2. The molecule has 23 heavy (non-hydrogen) atoms. The van der Waals surface area contributed by atoms with E-state index in [1.807, 2.05) is 0 Å². The smallest absolute Gasteiger partial charge is 0.323 e. The first-order chi connectivity index (χ1) is 10.8. The number of carboxylic acids is 1. The van der Waals surface area contributed by atoms with Crippen molar-refractivity contribution in [3.05, 3.63) is 33.8 Å². The van der Waals surface area contributed by atoms with Crippen molar-refractivity contribution in [1.29, 1.82) is 0 Å². The van der Waals surface area contributed by atoms with Crippen LogP contribution in [0.2, 0.25) is 10.0 Å². The Morgan fingerprint density at radius 1 is 1.35 bits per heavy atom. The molecule has 1 unspecified atom stereocenters. The quantitative estimate of drug-likeness (QED) is 0.815. The van der Waals surface area contributed by atoms with Crippen molar-refractivity contribution >= 4 is 41.0 Å². The lowest BCUT2D eigenvalue weighted by Crippen LogP contribution is -2.49. The molecule has 1 fully saturated rings. The molecule has 8 heteroatoms. The fourth-order valence-electron chi connectivity index (χ4n) is 2.18. The van der Waals surface area contributed by atoms with Crippen molar-refractivity contribution in [1.82, 2.24) is 10.2 Å². The third kappa shape index (κ3) is 4.36. The van der Waals surface area contributed by atoms with E-state index < -0.39 is 23.8 Å². The molecule has 0 radical (unpaired) electrons. The Kier molecular flexibility index (Phi) is 5.49. The van der Waals surface area contributed by atoms with Gasteiger partial charge in [-0.05, 0) is 31.9 Å². The van der Waals surface area contributed by atoms with Gasteiger partial charge in [-0.2, -0.15) is 0 Å². The van der Waals surface area contributed by atoms with Gasteiger partial charge in [0.1, 0.15) is 12.6 Å². The topological polar surface area (TPSA) is 86.7 Å². The minimum atomic E-state index is -1.08. The second kappa shape index (κ2) is 7.19. The summed E-state index contributed by atoms with van der Waals surface area (Å²) in [4.78, 5) is 36.8. The van der Waals surface area contributed by atoms with E-state index in [-0.39, 0.29) is 28.2 Å². The van der Waals surface area contributed by atoms with Crippen molar-refractivity contribution in [2.45, 2.75) is 31.8 Å². The summed E-state index contributed by atoms with van der Waals surface area (Å²) < 4.78 is 0. The highest BCUT2D eigenvalue weighted by atomic mass is 35.5. The fourth-order valence-corrected chi connectivity index (χ4v) is 2.57. The Hall–Kier alpha value is -1.79. The van der Waals surface area contributed by atoms with Crippen LogP contribution in [0.5, 0.6) is 0 Å². The molecule has 1 atom stereocenters. The second-order valence-electron chi connectivity index (χ2n) is 5.39. The lowest BCUT2D eigenvalue weighted by atomic mass is 10.2. The minimum Gasteiger partial charge on any atom is -0.480 e. The van der Waals surface area contributed by atoms with E-state index in [9.17, 15) is 14.4 Å². The number of carbonyl (C=O) groups is 3. The van der Waals surface area contributed by atoms with Gasteiger partial charge in [0.2, 0.25) is 5.91 Å². The molecule has 2 N–H and O–H groups in total. The first-order valence-corrected chi connectivity index (χ1v) is 7.84. The summed E-state index contributed by atoms with van der Waals surface area (Å²) in [5.41, 5.74) is 0.162. The highest BCUT2D eigenvalue weighted by molar-refractivity contribution is 6.43. The van der Waals surface area contributed by atoms with Crippen LogP contribution in [-0.2, 0) is 9.59 Å². The van der Waals surface area contributed by atoms with Crippen molar-refractivity contribution in [3.8, 4) is 0 Å². The third-order valence-electron chi connectivity index (χ3n) is 3.49. The molecule has 1 saturated carbocycles. The van der Waals surface area contributed by atoms with Crippen LogP contribution in [0.4, 0.5) is 0 Å². The molecule has 1 aliphatic carbocycles. The molecule has 0 aliphatic heterocycles. The van der Waals surface area contributed by atoms with Crippen molar-refractivity contribution < 1.29 is 19.5 Å². The van der Waals surface area contributed by atoms with Gasteiger partial charge in [-0.15, -0.1) is 0 Å². The van der Waals surface area contributed by atoms with Crippen LogP contribution in [0.1, 0.15) is 30.1 Å². The zero-order valence-corrected chi connectivity index (χ0v) is 13.9. The molecule has 0 saturated heterocycles. The maximum atomic E-state index is 12.4. The number of carboxylic acid groups (broad SMARTS) is 1. The molecule has 1 aromatic rings. The number of aliphatic carboxylic acids is 1. The average Bonchev–Trinajstić information content (AvgIpc) is 3.31. The van der Waals surface area contributed by atoms with Crippen LogP contribution in [0.15, 0.2) is 18.2 Å². The SMILES string of the molecule is CC(NC(=O)c1cccc(Cl)c1Cl)C(=O)N(CC(=O)O)C1CC1. The van der Waals surface area contributed by atoms with Gasteiger partial charge in [0.25, 0.3) is 5.91 Å². The first kappa shape index (κ1) is 17.6. The van der Waals surface area contributed by atoms with Gasteiger partial charge in [0.15, 0.2) is 0 Å². The molecule has 2 amide bonds. The minimum absolute atomic E-state index is 0.0623. The summed E-state index contributed by atoms with van der Waals surface area (Å²) in [5.74, 6) is -2.05. The van der Waals surface area contributed by atoms with Crippen LogP contribution < -0.4 is 5.32 Å². The van der Waals surface area contributed by atoms with E-state index >= 15 is 0 Å². The van der Waals surface area contributed by atoms with Crippen molar-refractivity contribution in [2.75, 3.05) is 6.54 Å². The van der Waals surface area contributed by atoms with Gasteiger partial charge in [-0.25, -0.2) is 0 Å². The van der Waals surface area contributed by atoms with E-state index in [0.29, 0.717) is 0 Å². The Labute approximate surface area is 143 Å². The molecule has 1 aromatic carbocycles. The molecule has 0 heterocycles. The lowest BCUT2D eigenvalue weighted by Gasteiger charge is -2.24. The lowest BCUT2D eigenvalue weighted by molar-refractivity contribution is -0.145. The standard InChI is InChI=1S/C15H16Cl2N2O4/c1-8(15(23)19(7-12(20)21)9-5-6-9)18-14(22)10-3-2-4-11(16)13(10)17/h2-4,8-9H,5-7H2,1H3,(H,18,22)(H,20,21). The van der Waals surface area contributed by atoms with Crippen LogP contribution in [0.3, 0.4) is 0 Å². The third-order valence-corrected chi connectivity index (χ3v) is 4.31. The van der Waals surface area contributed by atoms with Crippen molar-refractivity contribution in [3.63, 3.8) is 0 Å². The Balaban J connectivity index is 2.06. The molecule has 0 bridgehead atoms. The number of nitrogens with one attached hydrogen (secondary N) is 1. The Morgan fingerprint density at radius 3 is 2.57 bits per heavy atom. The monoisotopic (exact) mass is 358 g/mol. The predicted octanol–water partition coefficient (Wildman–Crippen LogP) is 2.19. The van der Waals surface area contributed by atoms with Gasteiger partial charge >= 0.3 is 5.97 Å². The van der Waals surface area contributed by atoms with E-state index in [2.05, 4.69) is 5.32 Å². The predicted molar refractivity (Wildman–Crippen MR) is 85.8 cm³/mol. The molecule has 124 valence electrons. The fraction of sp³-hybridized carbons (Fsp3) is 0.400. The average molecular weight is 359 g/mol. The van der Waals surface area contributed by atoms with Gasteiger partial charge < -0.3 is 15.3 Å². The summed E-state index contributed by atoms with van der Waals surface area (Å²) in [5, 5.41) is 11.8. The van der Waals surface area contributed by atoms with Crippen LogP contribution >= 0.6 is 23.2 Å². The highest BCUT2D eigenvalue weighted by Gasteiger charge is 2.36. The largest absolute Gasteiger partial charge is 0.480 e. The van der Waals surface area contributed by atoms with E-state index in [4.69, 9.17) is 28.3 Å². The molecule has 0 aromatic heterocycles. The number of benzene rings is 1. The molecule has 1 aliphatic rings. The van der Waals surface area contributed by atoms with Gasteiger partial charge in [-0.3, -0.25) is 14.4 Å². The molecular weight excluding hydrogens is 343 g/mol. The summed E-state index contributed by atoms with van der Waals surface area (Å²) in [6.45, 7) is 1.14. The summed E-state index contributed by atoms with van der Waals surface area (Å²) in [7, 11) is 0. The summed E-state index contributed by atoms with van der Waals surface area (Å²) in [6.07, 6.45) is 1.56.